The van der Waals surface area contributed by atoms with Crippen molar-refractivity contribution in [3.05, 3.63) is 24.3 Å². The molecule has 0 aromatic heterocycles. The van der Waals surface area contributed by atoms with Crippen LogP contribution in [-0.4, -0.2) is 18.5 Å². The van der Waals surface area contributed by atoms with Gasteiger partial charge >= 0.3 is 8.56 Å². The molecule has 3 nitrogen and oxygen atoms in total. The molecular formula is C14H24O3Si. The Morgan fingerprint density at radius 1 is 0.944 bits per heavy atom. The molecule has 0 aliphatic carbocycles. The summed E-state index contributed by atoms with van der Waals surface area (Å²) in [5, 5.41) is 9.08. The van der Waals surface area contributed by atoms with E-state index in [0.717, 1.165) is 0 Å². The van der Waals surface area contributed by atoms with Gasteiger partial charge < -0.3 is 14.3 Å². The lowest BCUT2D eigenvalue weighted by atomic mass is 10.2. The van der Waals surface area contributed by atoms with E-state index in [0.29, 0.717) is 5.75 Å². The minimum atomic E-state index is -3.08. The molecule has 102 valence electrons. The first-order chi connectivity index (χ1) is 7.99. The number of para-hydroxylation sites is 2. The molecule has 0 bridgehead atoms. The molecule has 0 heterocycles. The number of phenols is 1. The summed E-state index contributed by atoms with van der Waals surface area (Å²) in [5.74, 6) is 0.424. The lowest BCUT2D eigenvalue weighted by Crippen LogP contribution is -2.57. The highest BCUT2D eigenvalue weighted by molar-refractivity contribution is 6.72. The molecule has 0 aliphatic heterocycles. The van der Waals surface area contributed by atoms with Crippen molar-refractivity contribution >= 4 is 8.56 Å². The van der Waals surface area contributed by atoms with Gasteiger partial charge in [0.15, 0.2) is 5.75 Å². The monoisotopic (exact) mass is 268 g/mol. The molecule has 0 saturated heterocycles. The summed E-state index contributed by atoms with van der Waals surface area (Å²) in [5.41, 5.74) is 0. The van der Waals surface area contributed by atoms with Gasteiger partial charge in [-0.15, -0.1) is 0 Å². The second kappa shape index (κ2) is 4.59. The average Bonchev–Trinajstić information content (AvgIpc) is 2.18. The largest absolute Gasteiger partial charge is 0.517 e. The molecule has 1 aromatic carbocycles. The van der Waals surface area contributed by atoms with Crippen LogP contribution in [0.15, 0.2) is 24.3 Å². The fraction of sp³-hybridized carbons (Fsp3) is 0.571. The molecule has 0 unspecified atom stereocenters. The van der Waals surface area contributed by atoms with Gasteiger partial charge in [0.05, 0.1) is 0 Å². The number of hydrogen-bond acceptors (Lipinski definition) is 3. The summed E-state index contributed by atoms with van der Waals surface area (Å²) in [6.07, 6.45) is 0. The number of phenolic OH excluding ortho intramolecular Hbond substituents is 1. The third kappa shape index (κ3) is 2.70. The SMILES string of the molecule is CC(C)(C)[Si](O)(Oc1ccccc1O)C(C)(C)C. The first-order valence-electron chi connectivity index (χ1n) is 6.18. The van der Waals surface area contributed by atoms with E-state index in [2.05, 4.69) is 0 Å². The third-order valence-electron chi connectivity index (χ3n) is 3.16. The average molecular weight is 268 g/mol. The Labute approximate surface area is 111 Å². The van der Waals surface area contributed by atoms with Gasteiger partial charge in [-0.1, -0.05) is 53.7 Å². The van der Waals surface area contributed by atoms with Crippen LogP contribution in [0, 0.1) is 0 Å². The molecule has 0 saturated carbocycles. The Morgan fingerprint density at radius 2 is 1.39 bits per heavy atom. The first-order valence-corrected chi connectivity index (χ1v) is 8.04. The Balaban J connectivity index is 3.21. The topological polar surface area (TPSA) is 49.7 Å². The van der Waals surface area contributed by atoms with Crippen molar-refractivity contribution in [2.75, 3.05) is 0 Å². The van der Waals surface area contributed by atoms with Crippen LogP contribution in [0.5, 0.6) is 11.5 Å². The van der Waals surface area contributed by atoms with Crippen molar-refractivity contribution < 1.29 is 14.3 Å². The van der Waals surface area contributed by atoms with Gasteiger partial charge in [0.25, 0.3) is 0 Å². The Bertz CT molecular complexity index is 402. The molecule has 1 aromatic rings. The Morgan fingerprint density at radius 3 is 1.78 bits per heavy atom. The molecular weight excluding hydrogens is 244 g/mol. The minimum Gasteiger partial charge on any atom is -0.517 e. The fourth-order valence-electron chi connectivity index (χ4n) is 2.13. The quantitative estimate of drug-likeness (QED) is 0.802. The summed E-state index contributed by atoms with van der Waals surface area (Å²) in [7, 11) is -3.08. The van der Waals surface area contributed by atoms with Crippen molar-refractivity contribution in [1.82, 2.24) is 0 Å². The molecule has 0 fully saturated rings. The van der Waals surface area contributed by atoms with Gasteiger partial charge in [0.1, 0.15) is 5.75 Å². The van der Waals surface area contributed by atoms with Crippen molar-refractivity contribution in [2.24, 2.45) is 0 Å². The Hall–Kier alpha value is -1.00. The van der Waals surface area contributed by atoms with E-state index in [1.54, 1.807) is 24.3 Å². The van der Waals surface area contributed by atoms with Gasteiger partial charge in [-0.05, 0) is 12.1 Å². The predicted molar refractivity (Wildman–Crippen MR) is 76.1 cm³/mol. The van der Waals surface area contributed by atoms with Crippen LogP contribution < -0.4 is 4.43 Å². The highest BCUT2D eigenvalue weighted by Crippen LogP contribution is 2.50. The highest BCUT2D eigenvalue weighted by Gasteiger charge is 2.57. The lowest BCUT2D eigenvalue weighted by Gasteiger charge is -2.45. The fourth-order valence-corrected chi connectivity index (χ4v) is 5.49. The normalized spacial score (nSPS) is 13.5. The molecule has 1 rings (SSSR count). The van der Waals surface area contributed by atoms with Crippen molar-refractivity contribution in [1.29, 1.82) is 0 Å². The molecule has 18 heavy (non-hydrogen) atoms. The number of benzene rings is 1. The Kier molecular flexibility index (Phi) is 3.84. The second-order valence-corrected chi connectivity index (χ2v) is 11.2. The summed E-state index contributed by atoms with van der Waals surface area (Å²) < 4.78 is 5.91. The van der Waals surface area contributed by atoms with Gasteiger partial charge in [-0.25, -0.2) is 0 Å². The van der Waals surface area contributed by atoms with E-state index in [-0.39, 0.29) is 15.8 Å². The zero-order valence-electron chi connectivity index (χ0n) is 12.1. The summed E-state index contributed by atoms with van der Waals surface area (Å²) in [6, 6.07) is 6.77. The van der Waals surface area contributed by atoms with Crippen molar-refractivity contribution in [3.63, 3.8) is 0 Å². The van der Waals surface area contributed by atoms with Gasteiger partial charge in [-0.2, -0.15) is 0 Å². The van der Waals surface area contributed by atoms with Gasteiger partial charge in [-0.3, -0.25) is 0 Å². The molecule has 4 heteroatoms. The summed E-state index contributed by atoms with van der Waals surface area (Å²) >= 11 is 0. The van der Waals surface area contributed by atoms with E-state index in [4.69, 9.17) is 4.43 Å². The number of aromatic hydroxyl groups is 1. The summed E-state index contributed by atoms with van der Waals surface area (Å²) in [6.45, 7) is 11.9. The van der Waals surface area contributed by atoms with E-state index < -0.39 is 8.56 Å². The molecule has 0 atom stereocenters. The van der Waals surface area contributed by atoms with Crippen molar-refractivity contribution in [2.45, 2.75) is 51.6 Å². The summed E-state index contributed by atoms with van der Waals surface area (Å²) in [4.78, 5) is 11.1. The van der Waals surface area contributed by atoms with Gasteiger partial charge in [0.2, 0.25) is 0 Å². The van der Waals surface area contributed by atoms with Gasteiger partial charge in [0, 0.05) is 10.1 Å². The van der Waals surface area contributed by atoms with Crippen LogP contribution in [-0.2, 0) is 0 Å². The standard InChI is InChI=1S/C14H24O3Si/c1-13(2,3)18(16,14(4,5)6)17-12-10-8-7-9-11(12)15/h7-10,15-16H,1-6H3. The lowest BCUT2D eigenvalue weighted by molar-refractivity contribution is 0.277. The molecule has 2 N–H and O–H groups in total. The van der Waals surface area contributed by atoms with E-state index >= 15 is 0 Å². The van der Waals surface area contributed by atoms with Crippen LogP contribution >= 0.6 is 0 Å². The van der Waals surface area contributed by atoms with Crippen LogP contribution in [0.4, 0.5) is 0 Å². The van der Waals surface area contributed by atoms with Crippen LogP contribution in [0.2, 0.25) is 10.1 Å². The van der Waals surface area contributed by atoms with Crippen LogP contribution in [0.25, 0.3) is 0 Å². The maximum atomic E-state index is 11.1. The maximum Gasteiger partial charge on any atom is 0.407 e. The second-order valence-electron chi connectivity index (χ2n) is 6.71. The predicted octanol–water partition coefficient (Wildman–Crippen LogP) is 3.81. The maximum absolute atomic E-state index is 11.1. The van der Waals surface area contributed by atoms with E-state index in [1.165, 1.54) is 0 Å². The molecule has 0 aliphatic rings. The van der Waals surface area contributed by atoms with Crippen LogP contribution in [0.1, 0.15) is 41.5 Å². The smallest absolute Gasteiger partial charge is 0.407 e. The minimum absolute atomic E-state index is 0.0666. The molecule has 0 spiro atoms. The molecule has 0 amide bonds. The number of rotatable bonds is 2. The zero-order chi connectivity index (χ0) is 14.2. The van der Waals surface area contributed by atoms with E-state index in [9.17, 15) is 9.90 Å². The molecule has 0 radical (unpaired) electrons. The zero-order valence-corrected chi connectivity index (χ0v) is 13.1. The first kappa shape index (κ1) is 15.1. The number of hydrogen-bond donors (Lipinski definition) is 2. The van der Waals surface area contributed by atoms with Crippen molar-refractivity contribution in [3.8, 4) is 11.5 Å². The third-order valence-corrected chi connectivity index (χ3v) is 7.74. The van der Waals surface area contributed by atoms with Crippen LogP contribution in [0.3, 0.4) is 0 Å². The van der Waals surface area contributed by atoms with E-state index in [1.807, 2.05) is 41.5 Å². The highest BCUT2D eigenvalue weighted by atomic mass is 28.4.